The van der Waals surface area contributed by atoms with Gasteiger partial charge in [-0.2, -0.15) is 11.8 Å². The van der Waals surface area contributed by atoms with Gasteiger partial charge < -0.3 is 20.1 Å². The fraction of sp³-hybridized carbons (Fsp3) is 0.526. The van der Waals surface area contributed by atoms with Crippen molar-refractivity contribution in [2.75, 3.05) is 18.1 Å². The minimum atomic E-state index is -1.01. The molecular formula is C19H26N2O5S. The molecule has 0 saturated carbocycles. The molecule has 1 heterocycles. The van der Waals surface area contributed by atoms with E-state index in [4.69, 9.17) is 4.74 Å². The van der Waals surface area contributed by atoms with Gasteiger partial charge in [-0.1, -0.05) is 30.3 Å². The first-order valence-corrected chi connectivity index (χ1v) is 10.2. The maximum absolute atomic E-state index is 12.8. The lowest BCUT2D eigenvalue weighted by atomic mass is 10.1. The van der Waals surface area contributed by atoms with E-state index >= 15 is 0 Å². The van der Waals surface area contributed by atoms with Gasteiger partial charge in [0, 0.05) is 12.3 Å². The summed E-state index contributed by atoms with van der Waals surface area (Å²) in [5, 5.41) is 12.0. The number of amides is 2. The van der Waals surface area contributed by atoms with Crippen molar-refractivity contribution in [2.24, 2.45) is 0 Å². The molecule has 1 aromatic carbocycles. The number of nitrogens with zero attached hydrogens (tertiary/aromatic N) is 1. The van der Waals surface area contributed by atoms with Crippen LogP contribution in [0, 0.1) is 0 Å². The summed E-state index contributed by atoms with van der Waals surface area (Å²) in [6.07, 6.45) is 1.42. The lowest BCUT2D eigenvalue weighted by molar-refractivity contribution is -0.151. The standard InChI is InChI=1S/C19H26N2O5S/c1-14(20-19(25)26-13-15-7-3-2-4-8-15)17(22)21-10-12-27-11-6-5-9-16(21)18(23)24/h2-4,7-8,14,16H,5-6,9-13H2,1H3,(H,20,25)(H,23,24)/t14-,16-/m0/s1. The smallest absolute Gasteiger partial charge is 0.408 e. The van der Waals surface area contributed by atoms with E-state index in [0.29, 0.717) is 18.7 Å². The molecular weight excluding hydrogens is 368 g/mol. The highest BCUT2D eigenvalue weighted by molar-refractivity contribution is 7.99. The maximum atomic E-state index is 12.8. The topological polar surface area (TPSA) is 95.9 Å². The van der Waals surface area contributed by atoms with Crippen molar-refractivity contribution in [2.45, 2.75) is 44.9 Å². The minimum Gasteiger partial charge on any atom is -0.480 e. The lowest BCUT2D eigenvalue weighted by Crippen LogP contribution is -2.53. The summed E-state index contributed by atoms with van der Waals surface area (Å²) in [6.45, 7) is 2.00. The second kappa shape index (κ2) is 10.8. The molecule has 1 aromatic rings. The van der Waals surface area contributed by atoms with Gasteiger partial charge >= 0.3 is 12.1 Å². The molecule has 2 rings (SSSR count). The van der Waals surface area contributed by atoms with Crippen LogP contribution in [0.1, 0.15) is 31.7 Å². The average Bonchev–Trinajstić information content (AvgIpc) is 2.78. The molecule has 1 aliphatic heterocycles. The SMILES string of the molecule is C[C@H](NC(=O)OCc1ccccc1)C(=O)N1CCSCCCC[C@H]1C(=O)O. The summed E-state index contributed by atoms with van der Waals surface area (Å²) in [4.78, 5) is 37.8. The Hall–Kier alpha value is -2.22. The number of benzene rings is 1. The first kappa shape index (κ1) is 21.1. The van der Waals surface area contributed by atoms with Crippen LogP contribution in [-0.2, 0) is 20.9 Å². The number of carboxylic acid groups (broad SMARTS) is 1. The molecule has 2 atom stereocenters. The van der Waals surface area contributed by atoms with E-state index in [1.807, 2.05) is 30.3 Å². The van der Waals surface area contributed by atoms with Crippen LogP contribution < -0.4 is 5.32 Å². The molecule has 8 heteroatoms. The summed E-state index contributed by atoms with van der Waals surface area (Å²) in [5.41, 5.74) is 0.842. The molecule has 0 bridgehead atoms. The van der Waals surface area contributed by atoms with E-state index in [-0.39, 0.29) is 6.61 Å². The molecule has 0 unspecified atom stereocenters. The molecule has 7 nitrogen and oxygen atoms in total. The van der Waals surface area contributed by atoms with Crippen LogP contribution in [-0.4, -0.2) is 58.1 Å². The predicted molar refractivity (Wildman–Crippen MR) is 104 cm³/mol. The van der Waals surface area contributed by atoms with Gasteiger partial charge in [0.05, 0.1) is 0 Å². The number of carbonyl (C=O) groups excluding carboxylic acids is 2. The molecule has 148 valence electrons. The summed E-state index contributed by atoms with van der Waals surface area (Å²) < 4.78 is 5.13. The average molecular weight is 394 g/mol. The van der Waals surface area contributed by atoms with Gasteiger partial charge in [-0.15, -0.1) is 0 Å². The van der Waals surface area contributed by atoms with Crippen molar-refractivity contribution in [1.82, 2.24) is 10.2 Å². The highest BCUT2D eigenvalue weighted by Crippen LogP contribution is 2.17. The normalized spacial score (nSPS) is 19.1. The molecule has 1 saturated heterocycles. The zero-order valence-corrected chi connectivity index (χ0v) is 16.2. The maximum Gasteiger partial charge on any atom is 0.408 e. The van der Waals surface area contributed by atoms with E-state index in [2.05, 4.69) is 5.32 Å². The number of nitrogens with one attached hydrogen (secondary N) is 1. The van der Waals surface area contributed by atoms with Crippen molar-refractivity contribution >= 4 is 29.7 Å². The molecule has 1 aliphatic rings. The summed E-state index contributed by atoms with van der Waals surface area (Å²) >= 11 is 1.71. The first-order chi connectivity index (χ1) is 13.0. The second-order valence-corrected chi connectivity index (χ2v) is 7.65. The molecule has 27 heavy (non-hydrogen) atoms. The monoisotopic (exact) mass is 394 g/mol. The summed E-state index contributed by atoms with van der Waals surface area (Å²) in [6, 6.07) is 7.50. The van der Waals surface area contributed by atoms with Crippen LogP contribution in [0.3, 0.4) is 0 Å². The highest BCUT2D eigenvalue weighted by atomic mass is 32.2. The quantitative estimate of drug-likeness (QED) is 0.797. The van der Waals surface area contributed by atoms with E-state index in [9.17, 15) is 19.5 Å². The Morgan fingerprint density at radius 3 is 2.70 bits per heavy atom. The number of alkyl carbamates (subject to hydrolysis) is 1. The molecule has 2 N–H and O–H groups in total. The van der Waals surface area contributed by atoms with Crippen molar-refractivity contribution in [3.8, 4) is 0 Å². The van der Waals surface area contributed by atoms with Gasteiger partial charge in [-0.3, -0.25) is 4.79 Å². The van der Waals surface area contributed by atoms with Gasteiger partial charge in [-0.05, 0) is 37.5 Å². The zero-order valence-electron chi connectivity index (χ0n) is 15.4. The molecule has 0 spiro atoms. The van der Waals surface area contributed by atoms with E-state index in [0.717, 1.165) is 24.2 Å². The predicted octanol–water partition coefficient (Wildman–Crippen LogP) is 2.50. The Kier molecular flexibility index (Phi) is 8.44. The number of hydrogen-bond acceptors (Lipinski definition) is 5. The van der Waals surface area contributed by atoms with Crippen LogP contribution >= 0.6 is 11.8 Å². The van der Waals surface area contributed by atoms with E-state index in [1.165, 1.54) is 4.90 Å². The Morgan fingerprint density at radius 1 is 1.26 bits per heavy atom. The van der Waals surface area contributed by atoms with Crippen molar-refractivity contribution in [3.63, 3.8) is 0 Å². The van der Waals surface area contributed by atoms with Crippen LogP contribution in [0.25, 0.3) is 0 Å². The van der Waals surface area contributed by atoms with Crippen LogP contribution in [0.15, 0.2) is 30.3 Å². The van der Waals surface area contributed by atoms with Gasteiger partial charge in [0.15, 0.2) is 0 Å². The number of carbonyl (C=O) groups is 3. The number of aliphatic carboxylic acids is 1. The van der Waals surface area contributed by atoms with Crippen LogP contribution in [0.5, 0.6) is 0 Å². The van der Waals surface area contributed by atoms with Crippen LogP contribution in [0.2, 0.25) is 0 Å². The third-order valence-corrected chi connectivity index (χ3v) is 5.40. The number of hydrogen-bond donors (Lipinski definition) is 2. The lowest BCUT2D eigenvalue weighted by Gasteiger charge is -2.30. The van der Waals surface area contributed by atoms with Gasteiger partial charge in [0.25, 0.3) is 0 Å². The van der Waals surface area contributed by atoms with E-state index < -0.39 is 30.1 Å². The Labute approximate surface area is 163 Å². The molecule has 2 amide bonds. The fourth-order valence-electron chi connectivity index (χ4n) is 2.89. The Morgan fingerprint density at radius 2 is 2.00 bits per heavy atom. The minimum absolute atomic E-state index is 0.103. The Balaban J connectivity index is 1.93. The second-order valence-electron chi connectivity index (χ2n) is 6.42. The van der Waals surface area contributed by atoms with E-state index in [1.54, 1.807) is 18.7 Å². The summed E-state index contributed by atoms with van der Waals surface area (Å²) in [7, 11) is 0. The van der Waals surface area contributed by atoms with Gasteiger partial charge in [0.1, 0.15) is 18.7 Å². The molecule has 0 aromatic heterocycles. The number of rotatable bonds is 5. The third kappa shape index (κ3) is 6.78. The highest BCUT2D eigenvalue weighted by Gasteiger charge is 2.32. The largest absolute Gasteiger partial charge is 0.480 e. The van der Waals surface area contributed by atoms with Crippen molar-refractivity contribution < 1.29 is 24.2 Å². The van der Waals surface area contributed by atoms with Crippen molar-refractivity contribution in [1.29, 1.82) is 0 Å². The Bertz CT molecular complexity index is 640. The van der Waals surface area contributed by atoms with Gasteiger partial charge in [-0.25, -0.2) is 9.59 Å². The van der Waals surface area contributed by atoms with Gasteiger partial charge in [0.2, 0.25) is 5.91 Å². The fourth-order valence-corrected chi connectivity index (χ4v) is 3.83. The molecule has 0 aliphatic carbocycles. The van der Waals surface area contributed by atoms with Crippen LogP contribution in [0.4, 0.5) is 4.79 Å². The zero-order chi connectivity index (χ0) is 19.6. The molecule has 1 fully saturated rings. The first-order valence-electron chi connectivity index (χ1n) is 9.07. The number of carboxylic acids is 1. The number of ether oxygens (including phenoxy) is 1. The third-order valence-electron chi connectivity index (χ3n) is 4.35. The molecule has 0 radical (unpaired) electrons. The van der Waals surface area contributed by atoms with Crippen molar-refractivity contribution in [3.05, 3.63) is 35.9 Å². The summed E-state index contributed by atoms with van der Waals surface area (Å²) in [5.74, 6) is 0.241. The number of thioether (sulfide) groups is 1.